The van der Waals surface area contributed by atoms with Gasteiger partial charge in [0.1, 0.15) is 0 Å². The van der Waals surface area contributed by atoms with Crippen LogP contribution in [0.1, 0.15) is 43.2 Å². The molecule has 2 aliphatic heterocycles. The molecule has 138 valence electrons. The topological polar surface area (TPSA) is 42.0 Å². The summed E-state index contributed by atoms with van der Waals surface area (Å²) in [6.45, 7) is 6.65. The van der Waals surface area contributed by atoms with E-state index in [1.807, 2.05) is 22.1 Å². The van der Waals surface area contributed by atoms with Gasteiger partial charge in [0.25, 0.3) is 0 Å². The number of rotatable bonds is 7. The molecular formula is C20H30N2O3. The third kappa shape index (κ3) is 5.53. The summed E-state index contributed by atoms with van der Waals surface area (Å²) in [7, 11) is 0. The van der Waals surface area contributed by atoms with Crippen molar-refractivity contribution < 1.29 is 14.4 Å². The minimum Gasteiger partial charge on any atom is -0.376 e. The molecule has 1 atom stereocenters. The van der Waals surface area contributed by atoms with E-state index in [1.165, 1.54) is 11.1 Å². The Morgan fingerprint density at radius 3 is 2.84 bits per heavy atom. The quantitative estimate of drug-likeness (QED) is 0.761. The average molecular weight is 346 g/mol. The molecule has 0 unspecified atom stereocenters. The second kappa shape index (κ2) is 9.32. The molecular weight excluding hydrogens is 316 g/mol. The molecule has 0 saturated carbocycles. The highest BCUT2D eigenvalue weighted by Crippen LogP contribution is 2.18. The first kappa shape index (κ1) is 18.4. The maximum Gasteiger partial charge on any atom is 0.224 e. The third-order valence-corrected chi connectivity index (χ3v) is 5.07. The lowest BCUT2D eigenvalue weighted by Crippen LogP contribution is -2.39. The normalized spacial score (nSPS) is 21.4. The number of carbonyl (C=O) groups excluding carboxylic acids is 1. The van der Waals surface area contributed by atoms with Crippen molar-refractivity contribution in [3.8, 4) is 0 Å². The van der Waals surface area contributed by atoms with Gasteiger partial charge < -0.3 is 9.64 Å². The van der Waals surface area contributed by atoms with Crippen LogP contribution in [0.5, 0.6) is 0 Å². The van der Waals surface area contributed by atoms with Gasteiger partial charge in [-0.2, -0.15) is 5.06 Å². The predicted octanol–water partition coefficient (Wildman–Crippen LogP) is 2.92. The highest BCUT2D eigenvalue weighted by molar-refractivity contribution is 5.76. The van der Waals surface area contributed by atoms with Crippen molar-refractivity contribution in [2.24, 2.45) is 0 Å². The largest absolute Gasteiger partial charge is 0.376 e. The Labute approximate surface area is 150 Å². The van der Waals surface area contributed by atoms with Gasteiger partial charge in [0.15, 0.2) is 0 Å². The Bertz CT molecular complexity index is 552. The van der Waals surface area contributed by atoms with E-state index < -0.39 is 0 Å². The second-order valence-electron chi connectivity index (χ2n) is 7.06. The molecule has 0 spiro atoms. The molecule has 2 saturated heterocycles. The lowest BCUT2D eigenvalue weighted by molar-refractivity contribution is -0.182. The van der Waals surface area contributed by atoms with E-state index in [0.29, 0.717) is 26.1 Å². The van der Waals surface area contributed by atoms with Crippen molar-refractivity contribution >= 4 is 5.91 Å². The number of carbonyl (C=O) groups is 1. The number of aryl methyl sites for hydroxylation is 1. The summed E-state index contributed by atoms with van der Waals surface area (Å²) in [4.78, 5) is 20.5. The zero-order chi connectivity index (χ0) is 17.5. The van der Waals surface area contributed by atoms with Crippen LogP contribution < -0.4 is 0 Å². The summed E-state index contributed by atoms with van der Waals surface area (Å²) in [5.41, 5.74) is 2.44. The van der Waals surface area contributed by atoms with Gasteiger partial charge in [0.05, 0.1) is 12.7 Å². The molecule has 0 radical (unpaired) electrons. The van der Waals surface area contributed by atoms with Gasteiger partial charge in [-0.25, -0.2) is 0 Å². The third-order valence-electron chi connectivity index (χ3n) is 5.07. The molecule has 1 aromatic rings. The molecule has 1 amide bonds. The Morgan fingerprint density at radius 2 is 2.12 bits per heavy atom. The van der Waals surface area contributed by atoms with E-state index in [4.69, 9.17) is 9.57 Å². The van der Waals surface area contributed by atoms with Crippen LogP contribution in [0, 0.1) is 6.92 Å². The Balaban J connectivity index is 1.59. The van der Waals surface area contributed by atoms with E-state index >= 15 is 0 Å². The number of amides is 1. The van der Waals surface area contributed by atoms with Gasteiger partial charge in [-0.3, -0.25) is 9.63 Å². The van der Waals surface area contributed by atoms with E-state index in [-0.39, 0.29) is 12.0 Å². The molecule has 0 aromatic heterocycles. The lowest BCUT2D eigenvalue weighted by atomic mass is 10.1. The number of ether oxygens (including phenoxy) is 1. The van der Waals surface area contributed by atoms with Gasteiger partial charge in [-0.15, -0.1) is 0 Å². The van der Waals surface area contributed by atoms with Gasteiger partial charge in [0, 0.05) is 39.2 Å². The van der Waals surface area contributed by atoms with Crippen LogP contribution in [0.4, 0.5) is 0 Å². The van der Waals surface area contributed by atoms with Crippen molar-refractivity contribution in [1.29, 1.82) is 0 Å². The zero-order valence-corrected chi connectivity index (χ0v) is 15.3. The summed E-state index contributed by atoms with van der Waals surface area (Å²) in [5.74, 6) is 0.188. The first-order valence-electron chi connectivity index (χ1n) is 9.54. The summed E-state index contributed by atoms with van der Waals surface area (Å²) >= 11 is 0. The second-order valence-corrected chi connectivity index (χ2v) is 7.06. The minimum absolute atomic E-state index is 0.180. The average Bonchev–Trinajstić information content (AvgIpc) is 3.15. The first-order valence-corrected chi connectivity index (χ1v) is 9.54. The first-order chi connectivity index (χ1) is 12.2. The van der Waals surface area contributed by atoms with Crippen molar-refractivity contribution in [3.63, 3.8) is 0 Å². The van der Waals surface area contributed by atoms with Gasteiger partial charge in [-0.1, -0.05) is 24.3 Å². The standard InChI is InChI=1S/C20H30N2O3/c1-17-7-2-3-8-18(17)15-21(16-19-9-6-13-24-19)20(23)10-12-22-11-4-5-14-25-22/h2-3,7-8,19H,4-6,9-16H2,1H3/t19-/m1/s1. The molecule has 0 aliphatic carbocycles. The number of hydroxylamine groups is 2. The zero-order valence-electron chi connectivity index (χ0n) is 15.3. The van der Waals surface area contributed by atoms with E-state index in [9.17, 15) is 4.79 Å². The molecule has 25 heavy (non-hydrogen) atoms. The van der Waals surface area contributed by atoms with Gasteiger partial charge >= 0.3 is 0 Å². The SMILES string of the molecule is Cc1ccccc1CN(C[C@H]1CCCO1)C(=O)CCN1CCCCO1. The number of nitrogens with zero attached hydrogens (tertiary/aromatic N) is 2. The predicted molar refractivity (Wildman–Crippen MR) is 96.9 cm³/mol. The van der Waals surface area contributed by atoms with Crippen LogP contribution in [-0.2, 0) is 20.9 Å². The smallest absolute Gasteiger partial charge is 0.224 e. The number of hydrogen-bond acceptors (Lipinski definition) is 4. The van der Waals surface area contributed by atoms with Gasteiger partial charge in [-0.05, 0) is 43.7 Å². The van der Waals surface area contributed by atoms with Crippen LogP contribution in [-0.4, -0.2) is 54.8 Å². The van der Waals surface area contributed by atoms with E-state index in [1.54, 1.807) is 0 Å². The highest BCUT2D eigenvalue weighted by Gasteiger charge is 2.24. The monoisotopic (exact) mass is 346 g/mol. The highest BCUT2D eigenvalue weighted by atomic mass is 16.7. The van der Waals surface area contributed by atoms with Crippen LogP contribution in [0.25, 0.3) is 0 Å². The van der Waals surface area contributed by atoms with Crippen molar-refractivity contribution in [3.05, 3.63) is 35.4 Å². The summed E-state index contributed by atoms with van der Waals surface area (Å²) in [5, 5.41) is 1.94. The summed E-state index contributed by atoms with van der Waals surface area (Å²) < 4.78 is 5.77. The van der Waals surface area contributed by atoms with Crippen molar-refractivity contribution in [1.82, 2.24) is 9.96 Å². The Hall–Kier alpha value is -1.43. The Kier molecular flexibility index (Phi) is 6.84. The maximum absolute atomic E-state index is 12.9. The molecule has 1 aromatic carbocycles. The van der Waals surface area contributed by atoms with Crippen molar-refractivity contribution in [2.75, 3.05) is 32.8 Å². The molecule has 5 nitrogen and oxygen atoms in total. The summed E-state index contributed by atoms with van der Waals surface area (Å²) in [6.07, 6.45) is 5.09. The molecule has 2 fully saturated rings. The maximum atomic E-state index is 12.9. The fourth-order valence-electron chi connectivity index (χ4n) is 3.49. The molecule has 0 N–H and O–H groups in total. The van der Waals surface area contributed by atoms with E-state index in [2.05, 4.69) is 19.1 Å². The minimum atomic E-state index is 0.180. The van der Waals surface area contributed by atoms with Crippen molar-refractivity contribution in [2.45, 2.75) is 51.7 Å². The lowest BCUT2D eigenvalue weighted by Gasteiger charge is -2.29. The summed E-state index contributed by atoms with van der Waals surface area (Å²) in [6, 6.07) is 8.29. The number of benzene rings is 1. The molecule has 3 rings (SSSR count). The molecule has 0 bridgehead atoms. The molecule has 2 heterocycles. The van der Waals surface area contributed by atoms with Crippen LogP contribution in [0.2, 0.25) is 0 Å². The Morgan fingerprint density at radius 1 is 1.24 bits per heavy atom. The fraction of sp³-hybridized carbons (Fsp3) is 0.650. The van der Waals surface area contributed by atoms with Gasteiger partial charge in [0.2, 0.25) is 5.91 Å². The fourth-order valence-corrected chi connectivity index (χ4v) is 3.49. The van der Waals surface area contributed by atoms with Crippen LogP contribution in [0.15, 0.2) is 24.3 Å². The molecule has 2 aliphatic rings. The van der Waals surface area contributed by atoms with E-state index in [0.717, 1.165) is 45.4 Å². The molecule has 5 heteroatoms. The number of hydrogen-bond donors (Lipinski definition) is 0. The van der Waals surface area contributed by atoms with Crippen LogP contribution in [0.3, 0.4) is 0 Å². The van der Waals surface area contributed by atoms with Crippen LogP contribution >= 0.6 is 0 Å².